The molecule has 0 radical (unpaired) electrons. The molecule has 5 nitrogen and oxygen atoms in total. The van der Waals surface area contributed by atoms with Crippen molar-refractivity contribution in [3.63, 3.8) is 0 Å². The number of hydrogen-bond donors (Lipinski definition) is 1. The van der Waals surface area contributed by atoms with Gasteiger partial charge in [-0.15, -0.1) is 10.2 Å². The monoisotopic (exact) mass is 271 g/mol. The molecule has 1 N–H and O–H groups in total. The predicted molar refractivity (Wildman–Crippen MR) is 60.2 cm³/mol. The smallest absolute Gasteiger partial charge is 0.310 e. The summed E-state index contributed by atoms with van der Waals surface area (Å²) < 4.78 is 40.0. The van der Waals surface area contributed by atoms with Crippen molar-refractivity contribution >= 4 is 0 Å². The zero-order chi connectivity index (χ0) is 13.6. The Bertz CT molecular complexity index is 598. The molecule has 2 aromatic rings. The van der Waals surface area contributed by atoms with Gasteiger partial charge in [-0.1, -0.05) is 0 Å². The highest BCUT2D eigenvalue weighted by atomic mass is 19.4. The highest BCUT2D eigenvalue weighted by Gasteiger charge is 2.42. The molecule has 3 heterocycles. The molecule has 1 aliphatic heterocycles. The summed E-state index contributed by atoms with van der Waals surface area (Å²) in [6, 6.07) is 0. The Balaban J connectivity index is 2.00. The molecule has 8 heteroatoms. The molecule has 19 heavy (non-hydrogen) atoms. The van der Waals surface area contributed by atoms with E-state index in [2.05, 4.69) is 20.4 Å². The van der Waals surface area contributed by atoms with E-state index in [1.54, 1.807) is 17.7 Å². The largest absolute Gasteiger partial charge is 0.393 e. The SMILES string of the molecule is Cc1[nH]ncc1-c1nnc2n1CC(C(F)(F)F)CC2. The fourth-order valence-electron chi connectivity index (χ4n) is 2.37. The van der Waals surface area contributed by atoms with Gasteiger partial charge in [0.15, 0.2) is 5.82 Å². The third-order valence-electron chi connectivity index (χ3n) is 3.48. The number of fused-ring (bicyclic) bond motifs is 1. The lowest BCUT2D eigenvalue weighted by atomic mass is 9.98. The number of aromatic amines is 1. The van der Waals surface area contributed by atoms with Crippen LogP contribution in [0.3, 0.4) is 0 Å². The van der Waals surface area contributed by atoms with E-state index < -0.39 is 12.1 Å². The Morgan fingerprint density at radius 1 is 1.37 bits per heavy atom. The maximum Gasteiger partial charge on any atom is 0.393 e. The number of aromatic nitrogens is 5. The number of nitrogens with one attached hydrogen (secondary N) is 1. The van der Waals surface area contributed by atoms with Gasteiger partial charge in [0.2, 0.25) is 0 Å². The molecule has 0 saturated carbocycles. The summed E-state index contributed by atoms with van der Waals surface area (Å²) in [4.78, 5) is 0. The lowest BCUT2D eigenvalue weighted by molar-refractivity contribution is -0.182. The minimum atomic E-state index is -4.18. The normalized spacial score (nSPS) is 19.5. The van der Waals surface area contributed by atoms with Crippen LogP contribution < -0.4 is 0 Å². The van der Waals surface area contributed by atoms with E-state index in [0.29, 0.717) is 23.6 Å². The molecule has 1 aliphatic rings. The van der Waals surface area contributed by atoms with Crippen molar-refractivity contribution in [3.8, 4) is 11.4 Å². The average molecular weight is 271 g/mol. The van der Waals surface area contributed by atoms with Crippen LogP contribution >= 0.6 is 0 Å². The molecule has 0 bridgehead atoms. The standard InChI is InChI=1S/C11H12F3N5/c1-6-8(4-15-16-6)10-18-17-9-3-2-7(5-19(9)10)11(12,13)14/h4,7H,2-3,5H2,1H3,(H,15,16). The van der Waals surface area contributed by atoms with Crippen molar-refractivity contribution in [1.29, 1.82) is 0 Å². The first kappa shape index (κ1) is 12.2. The molecule has 0 amide bonds. The quantitative estimate of drug-likeness (QED) is 0.864. The summed E-state index contributed by atoms with van der Waals surface area (Å²) in [5, 5.41) is 14.6. The Morgan fingerprint density at radius 3 is 2.79 bits per heavy atom. The molecule has 0 spiro atoms. The first-order valence-corrected chi connectivity index (χ1v) is 5.96. The van der Waals surface area contributed by atoms with E-state index in [0.717, 1.165) is 5.69 Å². The number of alkyl halides is 3. The highest BCUT2D eigenvalue weighted by molar-refractivity contribution is 5.57. The van der Waals surface area contributed by atoms with Crippen LogP contribution in [0.5, 0.6) is 0 Å². The van der Waals surface area contributed by atoms with E-state index in [9.17, 15) is 13.2 Å². The summed E-state index contributed by atoms with van der Waals surface area (Å²) in [5.74, 6) is -0.270. The number of hydrogen-bond acceptors (Lipinski definition) is 3. The van der Waals surface area contributed by atoms with Crippen molar-refractivity contribution < 1.29 is 13.2 Å². The minimum absolute atomic E-state index is 0.0754. The first-order chi connectivity index (χ1) is 8.97. The van der Waals surface area contributed by atoms with Crippen LogP contribution in [0.2, 0.25) is 0 Å². The fourth-order valence-corrected chi connectivity index (χ4v) is 2.37. The lowest BCUT2D eigenvalue weighted by Gasteiger charge is -2.26. The van der Waals surface area contributed by atoms with Crippen molar-refractivity contribution in [2.75, 3.05) is 0 Å². The third-order valence-corrected chi connectivity index (χ3v) is 3.48. The second kappa shape index (κ2) is 4.07. The molecule has 0 aliphatic carbocycles. The van der Waals surface area contributed by atoms with E-state index in [1.165, 1.54) is 0 Å². The van der Waals surface area contributed by atoms with E-state index in [-0.39, 0.29) is 13.0 Å². The molecular formula is C11H12F3N5. The fraction of sp³-hybridized carbons (Fsp3) is 0.545. The van der Waals surface area contributed by atoms with E-state index in [1.807, 2.05) is 0 Å². The maximum absolute atomic E-state index is 12.8. The van der Waals surface area contributed by atoms with Crippen molar-refractivity contribution in [2.24, 2.45) is 5.92 Å². The van der Waals surface area contributed by atoms with Gasteiger partial charge in [0.1, 0.15) is 5.82 Å². The number of aryl methyl sites for hydroxylation is 2. The van der Waals surface area contributed by atoms with Gasteiger partial charge in [0, 0.05) is 18.7 Å². The number of rotatable bonds is 1. The van der Waals surface area contributed by atoms with Gasteiger partial charge in [0.25, 0.3) is 0 Å². The Labute approximate surface area is 106 Å². The number of H-pyrrole nitrogens is 1. The van der Waals surface area contributed by atoms with Gasteiger partial charge in [-0.05, 0) is 13.3 Å². The molecule has 0 saturated heterocycles. The van der Waals surface area contributed by atoms with Crippen molar-refractivity contribution in [2.45, 2.75) is 32.5 Å². The summed E-state index contributed by atoms with van der Waals surface area (Å²) in [5.41, 5.74) is 1.46. The molecule has 2 aromatic heterocycles. The van der Waals surface area contributed by atoms with Crippen LogP contribution in [-0.2, 0) is 13.0 Å². The molecule has 1 unspecified atom stereocenters. The van der Waals surface area contributed by atoms with Gasteiger partial charge in [0.05, 0.1) is 17.7 Å². The van der Waals surface area contributed by atoms with Gasteiger partial charge in [-0.2, -0.15) is 18.3 Å². The molecule has 0 aromatic carbocycles. The van der Waals surface area contributed by atoms with Gasteiger partial charge in [-0.25, -0.2) is 0 Å². The summed E-state index contributed by atoms with van der Waals surface area (Å²) in [6.45, 7) is 1.68. The van der Waals surface area contributed by atoms with Gasteiger partial charge in [-0.3, -0.25) is 5.10 Å². The first-order valence-electron chi connectivity index (χ1n) is 5.96. The Hall–Kier alpha value is -1.86. The van der Waals surface area contributed by atoms with Gasteiger partial charge >= 0.3 is 6.18 Å². The van der Waals surface area contributed by atoms with Crippen LogP contribution in [0, 0.1) is 12.8 Å². The zero-order valence-electron chi connectivity index (χ0n) is 10.2. The molecule has 102 valence electrons. The molecule has 1 atom stereocenters. The molecular weight excluding hydrogens is 259 g/mol. The Kier molecular flexibility index (Phi) is 2.61. The van der Waals surface area contributed by atoms with Gasteiger partial charge < -0.3 is 4.57 Å². The summed E-state index contributed by atoms with van der Waals surface area (Å²) in [6.07, 6.45) is -2.24. The second-order valence-electron chi connectivity index (χ2n) is 4.74. The van der Waals surface area contributed by atoms with Crippen LogP contribution in [0.25, 0.3) is 11.4 Å². The van der Waals surface area contributed by atoms with E-state index in [4.69, 9.17) is 0 Å². The van der Waals surface area contributed by atoms with E-state index >= 15 is 0 Å². The maximum atomic E-state index is 12.8. The third kappa shape index (κ3) is 2.00. The number of halogens is 3. The van der Waals surface area contributed by atoms with Crippen LogP contribution in [0.15, 0.2) is 6.20 Å². The van der Waals surface area contributed by atoms with Crippen LogP contribution in [0.1, 0.15) is 17.9 Å². The zero-order valence-corrected chi connectivity index (χ0v) is 10.2. The molecule has 3 rings (SSSR count). The van der Waals surface area contributed by atoms with Crippen molar-refractivity contribution in [3.05, 3.63) is 17.7 Å². The second-order valence-corrected chi connectivity index (χ2v) is 4.74. The molecule has 0 fully saturated rings. The Morgan fingerprint density at radius 2 is 2.16 bits per heavy atom. The van der Waals surface area contributed by atoms with Crippen LogP contribution in [0.4, 0.5) is 13.2 Å². The predicted octanol–water partition coefficient (Wildman–Crippen LogP) is 2.10. The highest BCUT2D eigenvalue weighted by Crippen LogP contribution is 2.35. The average Bonchev–Trinajstić information content (AvgIpc) is 2.92. The summed E-state index contributed by atoms with van der Waals surface area (Å²) in [7, 11) is 0. The minimum Gasteiger partial charge on any atom is -0.310 e. The summed E-state index contributed by atoms with van der Waals surface area (Å²) >= 11 is 0. The topological polar surface area (TPSA) is 59.4 Å². The van der Waals surface area contributed by atoms with Crippen molar-refractivity contribution in [1.82, 2.24) is 25.0 Å². The lowest BCUT2D eigenvalue weighted by Crippen LogP contribution is -2.32. The number of nitrogens with zero attached hydrogens (tertiary/aromatic N) is 4. The van der Waals surface area contributed by atoms with Crippen LogP contribution in [-0.4, -0.2) is 31.1 Å².